The summed E-state index contributed by atoms with van der Waals surface area (Å²) < 4.78 is 7.66. The Bertz CT molecular complexity index is 1180. The van der Waals surface area contributed by atoms with E-state index in [0.717, 1.165) is 28.7 Å². The highest BCUT2D eigenvalue weighted by Crippen LogP contribution is 2.26. The largest absolute Gasteiger partial charge is 0.441 e. The molecule has 28 heavy (non-hydrogen) atoms. The smallest absolute Gasteiger partial charge is 0.323 e. The summed E-state index contributed by atoms with van der Waals surface area (Å²) in [6, 6.07) is 7.64. The molecule has 0 spiro atoms. The number of hydrogen-bond acceptors (Lipinski definition) is 5. The third-order valence-corrected chi connectivity index (χ3v) is 4.89. The number of aromatic nitrogens is 4. The van der Waals surface area contributed by atoms with Crippen LogP contribution in [0.3, 0.4) is 0 Å². The number of amides is 2. The second-order valence-corrected chi connectivity index (χ2v) is 6.76. The molecular formula is C20H18N6O2. The topological polar surface area (TPSA) is 89.1 Å². The van der Waals surface area contributed by atoms with Gasteiger partial charge in [-0.05, 0) is 17.5 Å². The van der Waals surface area contributed by atoms with Gasteiger partial charge in [0.2, 0.25) is 0 Å². The van der Waals surface area contributed by atoms with Crippen LogP contribution in [0.1, 0.15) is 11.7 Å². The molecule has 0 saturated heterocycles. The number of pyridine rings is 1. The Morgan fingerprint density at radius 2 is 2.04 bits per heavy atom. The van der Waals surface area contributed by atoms with E-state index >= 15 is 0 Å². The van der Waals surface area contributed by atoms with Crippen LogP contribution in [-0.2, 0) is 13.1 Å². The zero-order valence-electron chi connectivity index (χ0n) is 15.3. The summed E-state index contributed by atoms with van der Waals surface area (Å²) in [4.78, 5) is 27.2. The first-order valence-corrected chi connectivity index (χ1v) is 9.04. The van der Waals surface area contributed by atoms with Gasteiger partial charge in [0, 0.05) is 49.6 Å². The Balaban J connectivity index is 1.38. The van der Waals surface area contributed by atoms with E-state index in [4.69, 9.17) is 4.42 Å². The van der Waals surface area contributed by atoms with Gasteiger partial charge in [0.1, 0.15) is 11.6 Å². The number of imidazole rings is 1. The first-order chi connectivity index (χ1) is 13.7. The first-order valence-electron chi connectivity index (χ1n) is 9.04. The van der Waals surface area contributed by atoms with Crippen LogP contribution in [-0.4, -0.2) is 37.0 Å². The second kappa shape index (κ2) is 6.49. The molecule has 1 N–H and O–H groups in total. The molecule has 1 aliphatic rings. The molecule has 0 atom stereocenters. The van der Waals surface area contributed by atoms with E-state index in [0.29, 0.717) is 30.6 Å². The van der Waals surface area contributed by atoms with E-state index in [1.54, 1.807) is 23.5 Å². The third kappa shape index (κ3) is 2.98. The summed E-state index contributed by atoms with van der Waals surface area (Å²) in [5.41, 5.74) is 0.930. The lowest BCUT2D eigenvalue weighted by Crippen LogP contribution is -2.40. The molecule has 0 fully saturated rings. The lowest BCUT2D eigenvalue weighted by molar-refractivity contribution is 0.195. The SMILES string of the molecule is Cc1ncc(-c2ccc3cnc(NC(=O)N4CCn5ccnc5C4)cc3c2)o1. The predicted molar refractivity (Wildman–Crippen MR) is 104 cm³/mol. The van der Waals surface area contributed by atoms with E-state index in [2.05, 4.69) is 24.8 Å². The van der Waals surface area contributed by atoms with Crippen molar-refractivity contribution in [2.24, 2.45) is 0 Å². The second-order valence-electron chi connectivity index (χ2n) is 6.76. The summed E-state index contributed by atoms with van der Waals surface area (Å²) in [6.45, 7) is 3.68. The molecule has 8 heteroatoms. The highest BCUT2D eigenvalue weighted by Gasteiger charge is 2.21. The zero-order chi connectivity index (χ0) is 19.1. The van der Waals surface area contributed by atoms with Crippen molar-refractivity contribution in [1.29, 1.82) is 0 Å². The molecule has 8 nitrogen and oxygen atoms in total. The van der Waals surface area contributed by atoms with Crippen molar-refractivity contribution in [2.75, 3.05) is 11.9 Å². The van der Waals surface area contributed by atoms with Crippen LogP contribution in [0.2, 0.25) is 0 Å². The Morgan fingerprint density at radius 1 is 1.11 bits per heavy atom. The number of anilines is 1. The van der Waals surface area contributed by atoms with E-state index in [1.165, 1.54) is 0 Å². The Morgan fingerprint density at radius 3 is 2.89 bits per heavy atom. The summed E-state index contributed by atoms with van der Waals surface area (Å²) in [5.74, 6) is 2.74. The van der Waals surface area contributed by atoms with Crippen LogP contribution in [0, 0.1) is 6.92 Å². The molecule has 5 rings (SSSR count). The molecular weight excluding hydrogens is 356 g/mol. The summed E-state index contributed by atoms with van der Waals surface area (Å²) >= 11 is 0. The highest BCUT2D eigenvalue weighted by atomic mass is 16.4. The van der Waals surface area contributed by atoms with Gasteiger partial charge in [-0.1, -0.05) is 12.1 Å². The maximum atomic E-state index is 12.6. The van der Waals surface area contributed by atoms with Gasteiger partial charge in [-0.15, -0.1) is 0 Å². The van der Waals surface area contributed by atoms with E-state index in [-0.39, 0.29) is 6.03 Å². The van der Waals surface area contributed by atoms with Crippen LogP contribution in [0.15, 0.2) is 53.5 Å². The molecule has 3 aromatic heterocycles. The molecule has 1 aliphatic heterocycles. The van der Waals surface area contributed by atoms with Crippen LogP contribution in [0.4, 0.5) is 10.6 Å². The monoisotopic (exact) mass is 374 g/mol. The minimum absolute atomic E-state index is 0.178. The number of oxazole rings is 1. The van der Waals surface area contributed by atoms with Crippen molar-refractivity contribution in [3.63, 3.8) is 0 Å². The number of carbonyl (C=O) groups is 1. The van der Waals surface area contributed by atoms with E-state index in [9.17, 15) is 4.79 Å². The number of aryl methyl sites for hydroxylation is 1. The number of nitrogens with one attached hydrogen (secondary N) is 1. The van der Waals surface area contributed by atoms with Crippen molar-refractivity contribution in [1.82, 2.24) is 24.4 Å². The average Bonchev–Trinajstić information content (AvgIpc) is 3.35. The zero-order valence-corrected chi connectivity index (χ0v) is 15.3. The molecule has 0 radical (unpaired) electrons. The fourth-order valence-corrected chi connectivity index (χ4v) is 3.39. The van der Waals surface area contributed by atoms with Crippen molar-refractivity contribution >= 4 is 22.6 Å². The van der Waals surface area contributed by atoms with Crippen molar-refractivity contribution < 1.29 is 9.21 Å². The van der Waals surface area contributed by atoms with Gasteiger partial charge in [-0.2, -0.15) is 0 Å². The first kappa shape index (κ1) is 16.5. The molecule has 1 aromatic carbocycles. The van der Waals surface area contributed by atoms with Crippen LogP contribution >= 0.6 is 0 Å². The standard InChI is InChI=1S/C20H18N6O2/c1-13-22-11-17(28-13)14-2-3-15-10-23-18(9-16(15)8-14)24-20(27)26-7-6-25-5-4-21-19(25)12-26/h2-5,8-11H,6-7,12H2,1H3,(H,23,24,27). The Kier molecular flexibility index (Phi) is 3.82. The number of nitrogens with zero attached hydrogens (tertiary/aromatic N) is 5. The highest BCUT2D eigenvalue weighted by molar-refractivity contribution is 5.93. The van der Waals surface area contributed by atoms with Crippen molar-refractivity contribution in [3.8, 4) is 11.3 Å². The van der Waals surface area contributed by atoms with Crippen molar-refractivity contribution in [2.45, 2.75) is 20.0 Å². The van der Waals surface area contributed by atoms with Gasteiger partial charge in [0.15, 0.2) is 11.7 Å². The maximum Gasteiger partial charge on any atom is 0.323 e. The minimum Gasteiger partial charge on any atom is -0.441 e. The number of carbonyl (C=O) groups excluding carboxylic acids is 1. The Labute approximate surface area is 160 Å². The molecule has 4 heterocycles. The third-order valence-electron chi connectivity index (χ3n) is 4.89. The molecule has 0 unspecified atom stereocenters. The van der Waals surface area contributed by atoms with Gasteiger partial charge in [-0.3, -0.25) is 5.32 Å². The fraction of sp³-hybridized carbons (Fsp3) is 0.200. The molecule has 0 saturated carbocycles. The summed E-state index contributed by atoms with van der Waals surface area (Å²) in [6.07, 6.45) is 7.15. The number of rotatable bonds is 2. The predicted octanol–water partition coefficient (Wildman–Crippen LogP) is 3.44. The maximum absolute atomic E-state index is 12.6. The normalized spacial score (nSPS) is 13.5. The number of fused-ring (bicyclic) bond motifs is 2. The van der Waals surface area contributed by atoms with Crippen LogP contribution in [0.25, 0.3) is 22.1 Å². The molecule has 2 amide bonds. The Hall–Kier alpha value is -3.68. The van der Waals surface area contributed by atoms with Crippen LogP contribution < -0.4 is 5.32 Å². The lowest BCUT2D eigenvalue weighted by atomic mass is 10.1. The fourth-order valence-electron chi connectivity index (χ4n) is 3.39. The molecule has 140 valence electrons. The molecule has 0 aliphatic carbocycles. The summed E-state index contributed by atoms with van der Waals surface area (Å²) in [5, 5.41) is 4.84. The quantitative estimate of drug-likeness (QED) is 0.580. The van der Waals surface area contributed by atoms with Gasteiger partial charge in [-0.25, -0.2) is 19.7 Å². The van der Waals surface area contributed by atoms with Crippen LogP contribution in [0.5, 0.6) is 0 Å². The summed E-state index contributed by atoms with van der Waals surface area (Å²) in [7, 11) is 0. The number of benzene rings is 1. The van der Waals surface area contributed by atoms with E-state index < -0.39 is 0 Å². The van der Waals surface area contributed by atoms with Gasteiger partial charge < -0.3 is 13.9 Å². The van der Waals surface area contributed by atoms with Crippen molar-refractivity contribution in [3.05, 3.63) is 60.8 Å². The van der Waals surface area contributed by atoms with Gasteiger partial charge >= 0.3 is 6.03 Å². The number of hydrogen-bond donors (Lipinski definition) is 1. The average molecular weight is 374 g/mol. The van der Waals surface area contributed by atoms with E-state index in [1.807, 2.05) is 37.4 Å². The van der Waals surface area contributed by atoms with Gasteiger partial charge in [0.05, 0.1) is 12.7 Å². The minimum atomic E-state index is -0.178. The van der Waals surface area contributed by atoms with Gasteiger partial charge in [0.25, 0.3) is 0 Å². The molecule has 4 aromatic rings. The molecule has 0 bridgehead atoms. The number of urea groups is 1. The lowest BCUT2D eigenvalue weighted by Gasteiger charge is -2.27.